The van der Waals surface area contributed by atoms with Crippen LogP contribution in [0.3, 0.4) is 0 Å². The van der Waals surface area contributed by atoms with Gasteiger partial charge in [-0.2, -0.15) is 5.10 Å². The number of halogens is 1. The Hall–Kier alpha value is -2.95. The molecule has 0 aromatic heterocycles. The van der Waals surface area contributed by atoms with Gasteiger partial charge in [-0.05, 0) is 48.6 Å². The normalized spacial score (nSPS) is 22.0. The van der Waals surface area contributed by atoms with E-state index in [1.54, 1.807) is 30.3 Å². The monoisotopic (exact) mass is 350 g/mol. The van der Waals surface area contributed by atoms with Crippen LogP contribution in [0.2, 0.25) is 0 Å². The summed E-state index contributed by atoms with van der Waals surface area (Å²) >= 11 is 0. The zero-order valence-electron chi connectivity index (χ0n) is 14.2. The first-order valence-electron chi connectivity index (χ1n) is 8.70. The fourth-order valence-corrected chi connectivity index (χ4v) is 3.37. The minimum atomic E-state index is -0.290. The lowest BCUT2D eigenvalue weighted by Crippen LogP contribution is -2.35. The number of benzene rings is 2. The maximum atomic E-state index is 13.0. The van der Waals surface area contributed by atoms with E-state index in [-0.39, 0.29) is 18.3 Å². The highest BCUT2D eigenvalue weighted by atomic mass is 19.1. The smallest absolute Gasteiger partial charge is 0.275 e. The third-order valence-electron chi connectivity index (χ3n) is 4.90. The molecule has 1 N–H and O–H groups in total. The van der Waals surface area contributed by atoms with E-state index in [0.29, 0.717) is 23.1 Å². The van der Waals surface area contributed by atoms with Crippen molar-refractivity contribution >= 4 is 11.6 Å². The van der Waals surface area contributed by atoms with E-state index >= 15 is 0 Å². The second kappa shape index (κ2) is 7.12. The highest BCUT2D eigenvalue weighted by Gasteiger charge is 2.38. The lowest BCUT2D eigenvalue weighted by Gasteiger charge is -2.31. The molecule has 2 aromatic rings. The third-order valence-corrected chi connectivity index (χ3v) is 4.90. The number of hydrogen-bond donors (Lipinski definition) is 1. The van der Waals surface area contributed by atoms with Gasteiger partial charge < -0.3 is 4.74 Å². The minimum absolute atomic E-state index is 0.258. The predicted octanol–water partition coefficient (Wildman–Crippen LogP) is 4.09. The van der Waals surface area contributed by atoms with E-state index in [1.807, 2.05) is 6.07 Å². The van der Waals surface area contributed by atoms with Gasteiger partial charge in [0.2, 0.25) is 0 Å². The summed E-state index contributed by atoms with van der Waals surface area (Å²) in [4.78, 5) is 12.5. The highest BCUT2D eigenvalue weighted by molar-refractivity contribution is 5.99. The van der Waals surface area contributed by atoms with Crippen LogP contribution in [-0.4, -0.2) is 11.6 Å². The first-order chi connectivity index (χ1) is 12.7. The van der Waals surface area contributed by atoms with Crippen LogP contribution in [0.15, 0.2) is 65.8 Å². The van der Waals surface area contributed by atoms with E-state index in [9.17, 15) is 9.18 Å². The number of rotatable bonds is 5. The van der Waals surface area contributed by atoms with Crippen molar-refractivity contribution in [3.8, 4) is 5.75 Å². The molecular formula is C21H19FN2O2. The molecule has 2 atom stereocenters. The number of nitrogens with one attached hydrogen (secondary N) is 1. The molecule has 1 amide bonds. The molecule has 0 spiro atoms. The van der Waals surface area contributed by atoms with Crippen molar-refractivity contribution < 1.29 is 13.9 Å². The van der Waals surface area contributed by atoms with E-state index < -0.39 is 0 Å². The minimum Gasteiger partial charge on any atom is -0.488 e. The SMILES string of the molecule is O=C(N/N=C1/C[C@@H]2C=CC[C@@H]12)c1ccccc1OCc1ccc(F)cc1. The van der Waals surface area contributed by atoms with E-state index in [4.69, 9.17) is 4.74 Å². The summed E-state index contributed by atoms with van der Waals surface area (Å²) in [6.45, 7) is 0.258. The maximum absolute atomic E-state index is 13.0. The van der Waals surface area contributed by atoms with Crippen LogP contribution in [0.4, 0.5) is 4.39 Å². The number of nitrogens with zero attached hydrogens (tertiary/aromatic N) is 1. The summed E-state index contributed by atoms with van der Waals surface area (Å²) in [7, 11) is 0. The average Bonchev–Trinajstić information content (AvgIpc) is 3.02. The third kappa shape index (κ3) is 3.38. The Morgan fingerprint density at radius 3 is 2.81 bits per heavy atom. The van der Waals surface area contributed by atoms with E-state index in [2.05, 4.69) is 22.7 Å². The molecule has 4 nitrogen and oxygen atoms in total. The first kappa shape index (κ1) is 16.5. The fraction of sp³-hybridized carbons (Fsp3) is 0.238. The van der Waals surface area contributed by atoms with Crippen molar-refractivity contribution in [2.24, 2.45) is 16.9 Å². The lowest BCUT2D eigenvalue weighted by molar-refractivity contribution is 0.0949. The molecule has 0 heterocycles. The van der Waals surface area contributed by atoms with Crippen molar-refractivity contribution in [3.63, 3.8) is 0 Å². The summed E-state index contributed by atoms with van der Waals surface area (Å²) < 4.78 is 18.7. The molecule has 2 aliphatic rings. The van der Waals surface area contributed by atoms with Gasteiger partial charge in [0.25, 0.3) is 5.91 Å². The number of amides is 1. The topological polar surface area (TPSA) is 50.7 Å². The largest absolute Gasteiger partial charge is 0.488 e. The maximum Gasteiger partial charge on any atom is 0.275 e. The summed E-state index contributed by atoms with van der Waals surface area (Å²) in [5.74, 6) is 0.950. The molecule has 4 rings (SSSR count). The van der Waals surface area contributed by atoms with Crippen LogP contribution in [0.5, 0.6) is 5.75 Å². The summed E-state index contributed by atoms with van der Waals surface area (Å²) in [6.07, 6.45) is 6.34. The Kier molecular flexibility index (Phi) is 4.52. The van der Waals surface area contributed by atoms with Crippen LogP contribution in [-0.2, 0) is 6.61 Å². The molecule has 2 aliphatic carbocycles. The number of carbonyl (C=O) groups excluding carboxylic acids is 1. The Morgan fingerprint density at radius 2 is 2.00 bits per heavy atom. The van der Waals surface area contributed by atoms with Crippen LogP contribution >= 0.6 is 0 Å². The average molecular weight is 350 g/mol. The van der Waals surface area contributed by atoms with Crippen molar-refractivity contribution in [1.82, 2.24) is 5.43 Å². The summed E-state index contributed by atoms with van der Waals surface area (Å²) in [6, 6.07) is 13.1. The standard InChI is InChI=1S/C21H19FN2O2/c22-16-10-8-14(9-11-16)13-26-20-7-2-1-5-18(20)21(25)24-23-19-12-15-4-3-6-17(15)19/h1-5,7-11,15,17H,6,12-13H2,(H,24,25)/b23-19-/t15-,17+/m0/s1. The van der Waals surface area contributed by atoms with Gasteiger partial charge in [0.1, 0.15) is 18.2 Å². The number of hydrogen-bond acceptors (Lipinski definition) is 3. The fourth-order valence-electron chi connectivity index (χ4n) is 3.37. The van der Waals surface area contributed by atoms with Crippen LogP contribution < -0.4 is 10.2 Å². The summed E-state index contributed by atoms with van der Waals surface area (Å²) in [5, 5.41) is 4.30. The van der Waals surface area contributed by atoms with Crippen molar-refractivity contribution in [1.29, 1.82) is 0 Å². The zero-order chi connectivity index (χ0) is 17.9. The molecule has 0 unspecified atom stereocenters. The van der Waals surface area contributed by atoms with Gasteiger partial charge >= 0.3 is 0 Å². The number of para-hydroxylation sites is 1. The van der Waals surface area contributed by atoms with Gasteiger partial charge in [0.15, 0.2) is 0 Å². The number of allylic oxidation sites excluding steroid dienone is 2. The predicted molar refractivity (Wildman–Crippen MR) is 97.4 cm³/mol. The van der Waals surface area contributed by atoms with E-state index in [0.717, 1.165) is 24.1 Å². The van der Waals surface area contributed by atoms with Crippen molar-refractivity contribution in [2.45, 2.75) is 19.4 Å². The van der Waals surface area contributed by atoms with Crippen molar-refractivity contribution in [3.05, 3.63) is 77.6 Å². The number of hydrazone groups is 1. The van der Waals surface area contributed by atoms with Crippen LogP contribution in [0.1, 0.15) is 28.8 Å². The Labute approximate surface area is 151 Å². The van der Waals surface area contributed by atoms with Gasteiger partial charge in [-0.3, -0.25) is 4.79 Å². The number of ether oxygens (including phenoxy) is 1. The Morgan fingerprint density at radius 1 is 1.19 bits per heavy atom. The lowest BCUT2D eigenvalue weighted by atomic mass is 9.74. The molecule has 0 aliphatic heterocycles. The molecule has 2 aromatic carbocycles. The Balaban J connectivity index is 1.41. The molecule has 5 heteroatoms. The second-order valence-corrected chi connectivity index (χ2v) is 6.59. The molecular weight excluding hydrogens is 331 g/mol. The zero-order valence-corrected chi connectivity index (χ0v) is 14.2. The molecule has 1 saturated carbocycles. The van der Waals surface area contributed by atoms with Gasteiger partial charge in [0, 0.05) is 11.6 Å². The first-order valence-corrected chi connectivity index (χ1v) is 8.70. The summed E-state index contributed by atoms with van der Waals surface area (Å²) in [5.41, 5.74) is 4.96. The molecule has 0 saturated heterocycles. The second-order valence-electron chi connectivity index (χ2n) is 6.59. The van der Waals surface area contributed by atoms with E-state index in [1.165, 1.54) is 12.1 Å². The van der Waals surface area contributed by atoms with Crippen LogP contribution in [0, 0.1) is 17.7 Å². The molecule has 132 valence electrons. The molecule has 26 heavy (non-hydrogen) atoms. The highest BCUT2D eigenvalue weighted by Crippen LogP contribution is 2.40. The molecule has 0 radical (unpaired) electrons. The van der Waals surface area contributed by atoms with Gasteiger partial charge in [-0.25, -0.2) is 9.82 Å². The van der Waals surface area contributed by atoms with Gasteiger partial charge in [-0.15, -0.1) is 0 Å². The molecule has 0 bridgehead atoms. The number of carbonyl (C=O) groups is 1. The molecule has 1 fully saturated rings. The van der Waals surface area contributed by atoms with Crippen LogP contribution in [0.25, 0.3) is 0 Å². The van der Waals surface area contributed by atoms with Gasteiger partial charge in [-0.1, -0.05) is 36.4 Å². The number of fused-ring (bicyclic) bond motifs is 1. The van der Waals surface area contributed by atoms with Crippen molar-refractivity contribution in [2.75, 3.05) is 0 Å². The van der Waals surface area contributed by atoms with Gasteiger partial charge in [0.05, 0.1) is 5.56 Å². The Bertz CT molecular complexity index is 874. The quantitative estimate of drug-likeness (QED) is 0.652.